The van der Waals surface area contributed by atoms with Gasteiger partial charge in [0, 0.05) is 25.7 Å². The topological polar surface area (TPSA) is 87.3 Å². The van der Waals surface area contributed by atoms with Gasteiger partial charge in [-0.05, 0) is 48.6 Å². The highest BCUT2D eigenvalue weighted by Gasteiger charge is 2.18. The lowest BCUT2D eigenvalue weighted by Gasteiger charge is -2.23. The number of benzene rings is 1. The molecule has 25 heavy (non-hydrogen) atoms. The van der Waals surface area contributed by atoms with Crippen LogP contribution in [0.3, 0.4) is 0 Å². The van der Waals surface area contributed by atoms with Crippen LogP contribution in [0, 0.1) is 20.8 Å². The Bertz CT molecular complexity index is 643. The van der Waals surface area contributed by atoms with Crippen molar-refractivity contribution in [2.45, 2.75) is 40.8 Å². The molecule has 1 aromatic carbocycles. The Morgan fingerprint density at radius 2 is 1.20 bits per heavy atom. The van der Waals surface area contributed by atoms with Crippen LogP contribution in [0.25, 0.3) is 0 Å². The molecule has 0 bridgehead atoms. The zero-order valence-electron chi connectivity index (χ0n) is 14.8. The van der Waals surface area contributed by atoms with Gasteiger partial charge in [-0.1, -0.05) is 0 Å². The summed E-state index contributed by atoms with van der Waals surface area (Å²) in [4.78, 5) is 34.5. The normalized spacial score (nSPS) is 10.3. The summed E-state index contributed by atoms with van der Waals surface area (Å²) < 4.78 is 0. The van der Waals surface area contributed by atoms with Crippen LogP contribution in [-0.2, 0) is 27.5 Å². The van der Waals surface area contributed by atoms with Gasteiger partial charge in [-0.2, -0.15) is 0 Å². The monoisotopic (exact) mass is 387 g/mol. The molecule has 0 heterocycles. The first-order valence-corrected chi connectivity index (χ1v) is 8.84. The van der Waals surface area contributed by atoms with Gasteiger partial charge >= 0.3 is 0 Å². The zero-order valence-corrected chi connectivity index (χ0v) is 16.3. The van der Waals surface area contributed by atoms with Crippen molar-refractivity contribution in [1.82, 2.24) is 10.6 Å². The van der Waals surface area contributed by atoms with E-state index in [9.17, 15) is 14.4 Å². The number of carbonyl (C=O) groups is 3. The predicted octanol–water partition coefficient (Wildman–Crippen LogP) is 2.28. The second-order valence-corrected chi connectivity index (χ2v) is 6.24. The first kappa shape index (κ1) is 21.3. The van der Waals surface area contributed by atoms with E-state index in [4.69, 9.17) is 23.2 Å². The third-order valence-corrected chi connectivity index (χ3v) is 4.51. The fraction of sp³-hybridized carbons (Fsp3) is 0.471. The molecule has 0 aromatic heterocycles. The fourth-order valence-corrected chi connectivity index (χ4v) is 2.88. The minimum absolute atomic E-state index is 0.124. The third-order valence-electron chi connectivity index (χ3n) is 4.03. The maximum absolute atomic E-state index is 11.6. The van der Waals surface area contributed by atoms with Crippen molar-refractivity contribution < 1.29 is 14.4 Å². The maximum Gasteiger partial charge on any atom is 0.235 e. The number of nitrogens with one attached hydrogen (secondary N) is 3. The summed E-state index contributed by atoms with van der Waals surface area (Å²) in [5.74, 6) is -0.998. The lowest BCUT2D eigenvalue weighted by Crippen LogP contribution is -2.27. The molecule has 0 saturated carbocycles. The van der Waals surface area contributed by atoms with Gasteiger partial charge < -0.3 is 16.0 Å². The summed E-state index contributed by atoms with van der Waals surface area (Å²) in [5, 5.41) is 8.32. The molecule has 138 valence electrons. The van der Waals surface area contributed by atoms with E-state index in [-0.39, 0.29) is 42.6 Å². The average Bonchev–Trinajstić information content (AvgIpc) is 2.57. The van der Waals surface area contributed by atoms with Gasteiger partial charge in [-0.3, -0.25) is 14.4 Å². The van der Waals surface area contributed by atoms with E-state index < -0.39 is 0 Å². The van der Waals surface area contributed by atoms with Crippen molar-refractivity contribution in [2.75, 3.05) is 17.1 Å². The lowest BCUT2D eigenvalue weighted by molar-refractivity contribution is -0.119. The van der Waals surface area contributed by atoms with Gasteiger partial charge in [0.05, 0.1) is 0 Å². The Kier molecular flexibility index (Phi) is 8.19. The predicted molar refractivity (Wildman–Crippen MR) is 100 cm³/mol. The molecule has 3 N–H and O–H groups in total. The Balaban J connectivity index is 3.35. The molecule has 8 heteroatoms. The smallest absolute Gasteiger partial charge is 0.235 e. The first-order valence-electron chi connectivity index (χ1n) is 7.77. The number of amides is 3. The molecule has 6 nitrogen and oxygen atoms in total. The molecule has 1 rings (SSSR count). The molecular formula is C17H23Cl2N3O3. The molecule has 1 aromatic rings. The van der Waals surface area contributed by atoms with Crippen LogP contribution in [0.4, 0.5) is 5.69 Å². The summed E-state index contributed by atoms with van der Waals surface area (Å²) in [6, 6.07) is 0. The van der Waals surface area contributed by atoms with E-state index in [1.54, 1.807) is 0 Å². The Hall–Kier alpha value is -1.79. The van der Waals surface area contributed by atoms with E-state index in [0.717, 1.165) is 27.8 Å². The summed E-state index contributed by atoms with van der Waals surface area (Å²) in [6.07, 6.45) is 0. The molecule has 0 spiro atoms. The van der Waals surface area contributed by atoms with Gasteiger partial charge in [0.15, 0.2) is 0 Å². The van der Waals surface area contributed by atoms with Gasteiger partial charge in [0.25, 0.3) is 0 Å². The van der Waals surface area contributed by atoms with E-state index in [0.29, 0.717) is 5.69 Å². The van der Waals surface area contributed by atoms with Crippen molar-refractivity contribution in [3.63, 3.8) is 0 Å². The van der Waals surface area contributed by atoms with Gasteiger partial charge in [-0.15, -0.1) is 23.2 Å². The number of carbonyl (C=O) groups excluding carboxylic acids is 3. The van der Waals surface area contributed by atoms with Crippen LogP contribution in [0.15, 0.2) is 0 Å². The van der Waals surface area contributed by atoms with Crippen LogP contribution in [-0.4, -0.2) is 29.5 Å². The molecule has 0 saturated heterocycles. The van der Waals surface area contributed by atoms with E-state index in [1.165, 1.54) is 6.92 Å². The van der Waals surface area contributed by atoms with Crippen LogP contribution in [0.1, 0.15) is 34.7 Å². The molecule has 0 aliphatic carbocycles. The SMILES string of the molecule is CC(=O)Nc1c(C)c(CNC(=O)CCl)c(C)c(CNC(=O)CCl)c1C. The van der Waals surface area contributed by atoms with Crippen molar-refractivity contribution in [3.8, 4) is 0 Å². The molecule has 0 fully saturated rings. The Morgan fingerprint density at radius 3 is 1.52 bits per heavy atom. The highest BCUT2D eigenvalue weighted by molar-refractivity contribution is 6.27. The van der Waals surface area contributed by atoms with Gasteiger partial charge in [0.1, 0.15) is 11.8 Å². The fourth-order valence-electron chi connectivity index (χ4n) is 2.69. The number of anilines is 1. The van der Waals surface area contributed by atoms with Gasteiger partial charge in [-0.25, -0.2) is 0 Å². The van der Waals surface area contributed by atoms with Crippen molar-refractivity contribution >= 4 is 46.6 Å². The van der Waals surface area contributed by atoms with Gasteiger partial charge in [0.2, 0.25) is 17.7 Å². The van der Waals surface area contributed by atoms with Crippen molar-refractivity contribution in [3.05, 3.63) is 27.8 Å². The second kappa shape index (κ2) is 9.63. The highest BCUT2D eigenvalue weighted by atomic mass is 35.5. The second-order valence-electron chi connectivity index (χ2n) is 5.71. The minimum atomic E-state index is -0.279. The molecule has 3 amide bonds. The van der Waals surface area contributed by atoms with Crippen LogP contribution >= 0.6 is 23.2 Å². The van der Waals surface area contributed by atoms with E-state index in [1.807, 2.05) is 20.8 Å². The van der Waals surface area contributed by atoms with Crippen LogP contribution < -0.4 is 16.0 Å². The Labute approximate surface area is 157 Å². The standard InChI is InChI=1S/C17H23Cl2N3O3/c1-9-13(7-20-15(24)5-18)10(2)17(22-12(4)23)11(3)14(9)8-21-16(25)6-19/h5-8H2,1-4H3,(H,20,24)(H,21,25)(H,22,23). The summed E-state index contributed by atoms with van der Waals surface area (Å²) in [5.41, 5.74) is 5.11. The van der Waals surface area contributed by atoms with E-state index >= 15 is 0 Å². The third kappa shape index (κ3) is 5.61. The van der Waals surface area contributed by atoms with Crippen molar-refractivity contribution in [1.29, 1.82) is 0 Å². The number of hydrogen-bond donors (Lipinski definition) is 3. The summed E-state index contributed by atoms with van der Waals surface area (Å²) in [6.45, 7) is 7.69. The first-order chi connectivity index (χ1) is 11.7. The van der Waals surface area contributed by atoms with Crippen LogP contribution in [0.5, 0.6) is 0 Å². The quantitative estimate of drug-likeness (QED) is 0.627. The largest absolute Gasteiger partial charge is 0.351 e. The lowest BCUT2D eigenvalue weighted by atomic mass is 9.90. The van der Waals surface area contributed by atoms with Crippen LogP contribution in [0.2, 0.25) is 0 Å². The molecular weight excluding hydrogens is 365 g/mol. The van der Waals surface area contributed by atoms with E-state index in [2.05, 4.69) is 16.0 Å². The Morgan fingerprint density at radius 1 is 0.800 bits per heavy atom. The molecule has 0 aliphatic rings. The van der Waals surface area contributed by atoms with Crippen molar-refractivity contribution in [2.24, 2.45) is 0 Å². The molecule has 0 atom stereocenters. The number of hydrogen-bond acceptors (Lipinski definition) is 3. The number of rotatable bonds is 7. The zero-order chi connectivity index (χ0) is 19.1. The summed E-state index contributed by atoms with van der Waals surface area (Å²) in [7, 11) is 0. The number of halogens is 2. The molecule has 0 unspecified atom stereocenters. The average molecular weight is 388 g/mol. The summed E-state index contributed by atoms with van der Waals surface area (Å²) >= 11 is 11.1. The highest BCUT2D eigenvalue weighted by Crippen LogP contribution is 2.31. The number of alkyl halides is 2. The molecule has 0 aliphatic heterocycles. The minimum Gasteiger partial charge on any atom is -0.351 e. The molecule has 0 radical (unpaired) electrons. The maximum atomic E-state index is 11.6.